The minimum absolute atomic E-state index is 0.0298. The number of rotatable bonds is 12. The summed E-state index contributed by atoms with van der Waals surface area (Å²) in [6, 6.07) is 8.41. The Morgan fingerprint density at radius 1 is 0.953 bits per heavy atom. The number of aliphatic hydroxyl groups excluding tert-OH is 1. The van der Waals surface area contributed by atoms with E-state index in [-0.39, 0.29) is 29.2 Å². The number of carbonyl (C=O) groups is 3. The van der Waals surface area contributed by atoms with Crippen molar-refractivity contribution < 1.29 is 19.5 Å². The van der Waals surface area contributed by atoms with Crippen LogP contribution >= 0.6 is 11.8 Å². The van der Waals surface area contributed by atoms with E-state index in [0.717, 1.165) is 12.0 Å². The molecule has 0 bridgehead atoms. The number of thioether (sulfide) groups is 1. The second-order valence-electron chi connectivity index (χ2n) is 12.2. The largest absolute Gasteiger partial charge is 0.392 e. The maximum atomic E-state index is 13.2. The van der Waals surface area contributed by atoms with Gasteiger partial charge in [0.1, 0.15) is 0 Å². The SMILES string of the molecule is C/C=C(/CC(O)CSc1ccc(NC(=O)c2ccncc2)cc1C(=O)NC(C)(C)C)C(CCC)C(=O)NC(C)(C)C.CC. The van der Waals surface area contributed by atoms with Gasteiger partial charge in [-0.3, -0.25) is 19.4 Å². The summed E-state index contributed by atoms with van der Waals surface area (Å²) in [6.07, 6.45) is 6.20. The van der Waals surface area contributed by atoms with Crippen molar-refractivity contribution in [1.29, 1.82) is 0 Å². The number of nitrogens with zero attached hydrogens (tertiary/aromatic N) is 1. The van der Waals surface area contributed by atoms with Gasteiger partial charge in [0.2, 0.25) is 5.91 Å². The van der Waals surface area contributed by atoms with Crippen molar-refractivity contribution in [3.05, 3.63) is 65.5 Å². The van der Waals surface area contributed by atoms with Crippen molar-refractivity contribution >= 4 is 35.2 Å². The number of hydrogen-bond acceptors (Lipinski definition) is 6. The van der Waals surface area contributed by atoms with Gasteiger partial charge in [0, 0.05) is 45.4 Å². The molecule has 2 atom stereocenters. The van der Waals surface area contributed by atoms with Crippen LogP contribution in [0.5, 0.6) is 0 Å². The number of nitrogens with one attached hydrogen (secondary N) is 3. The Morgan fingerprint density at radius 2 is 1.56 bits per heavy atom. The smallest absolute Gasteiger partial charge is 0.255 e. The number of carbonyl (C=O) groups excluding carboxylic acids is 3. The molecule has 2 unspecified atom stereocenters. The molecule has 0 fully saturated rings. The Morgan fingerprint density at radius 3 is 2.09 bits per heavy atom. The summed E-state index contributed by atoms with van der Waals surface area (Å²) in [4.78, 5) is 43.6. The lowest BCUT2D eigenvalue weighted by atomic mass is 9.88. The van der Waals surface area contributed by atoms with E-state index in [1.165, 1.54) is 11.8 Å². The summed E-state index contributed by atoms with van der Waals surface area (Å²) < 4.78 is 0. The Kier molecular flexibility index (Phi) is 15.7. The molecule has 1 aromatic carbocycles. The highest BCUT2D eigenvalue weighted by molar-refractivity contribution is 7.99. The maximum absolute atomic E-state index is 13.2. The van der Waals surface area contributed by atoms with Gasteiger partial charge in [-0.05, 0) is 91.6 Å². The average Bonchev–Trinajstić information content (AvgIpc) is 2.93. The number of hydrogen-bond donors (Lipinski definition) is 4. The summed E-state index contributed by atoms with van der Waals surface area (Å²) in [5, 5.41) is 19.9. The van der Waals surface area contributed by atoms with Crippen molar-refractivity contribution in [2.45, 2.75) is 111 Å². The van der Waals surface area contributed by atoms with Crippen molar-refractivity contribution in [3.8, 4) is 0 Å². The normalized spacial score (nSPS) is 13.2. The minimum atomic E-state index is -0.724. The van der Waals surface area contributed by atoms with Crippen LogP contribution in [0.2, 0.25) is 0 Å². The summed E-state index contributed by atoms with van der Waals surface area (Å²) in [5.41, 5.74) is 1.45. The molecular weight excluding hydrogens is 560 g/mol. The van der Waals surface area contributed by atoms with E-state index >= 15 is 0 Å². The lowest BCUT2D eigenvalue weighted by Gasteiger charge is -2.27. The zero-order valence-electron chi connectivity index (χ0n) is 27.6. The fourth-order valence-electron chi connectivity index (χ4n) is 4.23. The van der Waals surface area contributed by atoms with E-state index in [0.29, 0.717) is 40.3 Å². The third kappa shape index (κ3) is 13.8. The van der Waals surface area contributed by atoms with Gasteiger partial charge in [-0.25, -0.2) is 0 Å². The second-order valence-corrected chi connectivity index (χ2v) is 13.3. The van der Waals surface area contributed by atoms with E-state index in [4.69, 9.17) is 0 Å². The topological polar surface area (TPSA) is 120 Å². The molecule has 0 aliphatic rings. The van der Waals surface area contributed by atoms with E-state index in [9.17, 15) is 19.5 Å². The monoisotopic (exact) mass is 612 g/mol. The van der Waals surface area contributed by atoms with Crippen LogP contribution in [-0.2, 0) is 4.79 Å². The molecule has 0 aliphatic heterocycles. The van der Waals surface area contributed by atoms with Gasteiger partial charge >= 0.3 is 0 Å². The van der Waals surface area contributed by atoms with Gasteiger partial charge in [-0.1, -0.05) is 38.8 Å². The number of aliphatic hydroxyl groups is 1. The Balaban J connectivity index is 0.00000452. The number of amides is 3. The maximum Gasteiger partial charge on any atom is 0.255 e. The first kappa shape index (κ1) is 37.9. The molecule has 43 heavy (non-hydrogen) atoms. The zero-order chi connectivity index (χ0) is 32.8. The average molecular weight is 613 g/mol. The van der Waals surface area contributed by atoms with E-state index in [2.05, 4.69) is 20.9 Å². The first-order chi connectivity index (χ1) is 20.1. The highest BCUT2D eigenvalue weighted by atomic mass is 32.2. The summed E-state index contributed by atoms with van der Waals surface area (Å²) in [6.45, 7) is 19.5. The molecule has 8 nitrogen and oxygen atoms in total. The number of allylic oxidation sites excluding steroid dienone is 1. The van der Waals surface area contributed by atoms with Gasteiger partial charge < -0.3 is 21.1 Å². The lowest BCUT2D eigenvalue weighted by Crippen LogP contribution is -2.44. The summed E-state index contributed by atoms with van der Waals surface area (Å²) in [7, 11) is 0. The first-order valence-corrected chi connectivity index (χ1v) is 16.1. The highest BCUT2D eigenvalue weighted by Gasteiger charge is 2.27. The second kappa shape index (κ2) is 17.8. The quantitative estimate of drug-likeness (QED) is 0.151. The van der Waals surface area contributed by atoms with E-state index < -0.39 is 11.6 Å². The zero-order valence-corrected chi connectivity index (χ0v) is 28.4. The van der Waals surface area contributed by atoms with Crippen LogP contribution in [0.15, 0.2) is 59.3 Å². The fraction of sp³-hybridized carbons (Fsp3) is 0.529. The molecule has 0 aliphatic carbocycles. The standard InChI is InChI=1S/C32H46N4O4S.C2H6/c1-9-11-25(29(39)35-31(3,4)5)21(10-2)18-24(37)20-41-27-13-12-23(19-26(27)30(40)36-32(6,7)8)34-28(38)22-14-16-33-17-15-22;1-2/h10,12-17,19,24-25,37H,9,11,18,20H2,1-8H3,(H,34,38)(H,35,39)(H,36,40);1-2H3/b21-10-;. The van der Waals surface area contributed by atoms with Crippen molar-refractivity contribution in [3.63, 3.8) is 0 Å². The molecule has 2 aromatic rings. The molecule has 1 heterocycles. The summed E-state index contributed by atoms with van der Waals surface area (Å²) >= 11 is 1.37. The van der Waals surface area contributed by atoms with Crippen LogP contribution in [0.1, 0.15) is 109 Å². The van der Waals surface area contributed by atoms with Crippen molar-refractivity contribution in [2.75, 3.05) is 11.1 Å². The molecule has 0 saturated heterocycles. The van der Waals surface area contributed by atoms with Crippen molar-refractivity contribution in [1.82, 2.24) is 15.6 Å². The predicted octanol–water partition coefficient (Wildman–Crippen LogP) is 7.01. The van der Waals surface area contributed by atoms with Crippen molar-refractivity contribution in [2.24, 2.45) is 5.92 Å². The van der Waals surface area contributed by atoms with E-state index in [1.807, 2.05) is 75.3 Å². The van der Waals surface area contributed by atoms with Crippen LogP contribution in [0, 0.1) is 5.92 Å². The highest BCUT2D eigenvalue weighted by Crippen LogP contribution is 2.30. The van der Waals surface area contributed by atoms with Gasteiger partial charge in [0.25, 0.3) is 11.8 Å². The third-order valence-electron chi connectivity index (χ3n) is 6.03. The fourth-order valence-corrected chi connectivity index (χ4v) is 5.20. The van der Waals surface area contributed by atoms with Gasteiger partial charge in [0.15, 0.2) is 0 Å². The molecular formula is C34H52N4O4S. The first-order valence-electron chi connectivity index (χ1n) is 15.1. The predicted molar refractivity (Wildman–Crippen MR) is 179 cm³/mol. The van der Waals surface area contributed by atoms with Crippen LogP contribution in [0.3, 0.4) is 0 Å². The minimum Gasteiger partial charge on any atom is -0.392 e. The van der Waals surface area contributed by atoms with Gasteiger partial charge in [0.05, 0.1) is 17.6 Å². The van der Waals surface area contributed by atoms with Crippen LogP contribution in [-0.4, -0.2) is 50.7 Å². The molecule has 1 aromatic heterocycles. The molecule has 3 amide bonds. The molecule has 0 radical (unpaired) electrons. The molecule has 4 N–H and O–H groups in total. The number of aromatic nitrogens is 1. The number of benzene rings is 1. The Bertz CT molecular complexity index is 1220. The van der Waals surface area contributed by atoms with E-state index in [1.54, 1.807) is 42.7 Å². The van der Waals surface area contributed by atoms with Gasteiger partial charge in [-0.15, -0.1) is 11.8 Å². The van der Waals surface area contributed by atoms with Crippen LogP contribution in [0.25, 0.3) is 0 Å². The van der Waals surface area contributed by atoms with Crippen LogP contribution in [0.4, 0.5) is 5.69 Å². The molecule has 238 valence electrons. The lowest BCUT2D eigenvalue weighted by molar-refractivity contribution is -0.125. The molecule has 0 spiro atoms. The Hall–Kier alpha value is -3.17. The van der Waals surface area contributed by atoms with Crippen LogP contribution < -0.4 is 16.0 Å². The van der Waals surface area contributed by atoms with Gasteiger partial charge in [-0.2, -0.15) is 0 Å². The Labute approximate surface area is 262 Å². The molecule has 2 rings (SSSR count). The molecule has 9 heteroatoms. The summed E-state index contributed by atoms with van der Waals surface area (Å²) in [5.74, 6) is -0.583. The third-order valence-corrected chi connectivity index (χ3v) is 7.24. The molecule has 0 saturated carbocycles. The number of pyridine rings is 1. The number of anilines is 1.